The van der Waals surface area contributed by atoms with Crippen LogP contribution < -0.4 is 5.32 Å². The summed E-state index contributed by atoms with van der Waals surface area (Å²) in [6, 6.07) is 5.08. The normalized spacial score (nSPS) is 12.7. The zero-order valence-corrected chi connectivity index (χ0v) is 14.5. The molecule has 2 rings (SSSR count). The van der Waals surface area contributed by atoms with Crippen LogP contribution in [0.25, 0.3) is 0 Å². The molecule has 0 amide bonds. The fourth-order valence-corrected chi connectivity index (χ4v) is 3.21. The first-order valence-electron chi connectivity index (χ1n) is 7.13. The molecule has 0 aliphatic rings. The Hall–Kier alpha value is -1.20. The maximum Gasteiger partial charge on any atom is 0.124 e. The van der Waals surface area contributed by atoms with Gasteiger partial charge in [-0.1, -0.05) is 28.9 Å². The highest BCUT2D eigenvalue weighted by Crippen LogP contribution is 2.26. The Morgan fingerprint density at radius 2 is 2.10 bits per heavy atom. The van der Waals surface area contributed by atoms with E-state index in [-0.39, 0.29) is 5.82 Å². The van der Waals surface area contributed by atoms with Gasteiger partial charge in [-0.3, -0.25) is 4.68 Å². The third-order valence-corrected chi connectivity index (χ3v) is 4.62. The summed E-state index contributed by atoms with van der Waals surface area (Å²) in [6.45, 7) is 6.92. The highest BCUT2D eigenvalue weighted by Gasteiger charge is 2.18. The number of hydrogen-bond acceptors (Lipinski definition) is 2. The second kappa shape index (κ2) is 6.71. The van der Waals surface area contributed by atoms with Crippen molar-refractivity contribution in [1.29, 1.82) is 0 Å². The highest BCUT2D eigenvalue weighted by molar-refractivity contribution is 9.10. The molecule has 0 fully saturated rings. The van der Waals surface area contributed by atoms with Gasteiger partial charge in [0, 0.05) is 21.8 Å². The Labute approximate surface area is 133 Å². The summed E-state index contributed by atoms with van der Waals surface area (Å²) in [5, 5.41) is 7.98. The topological polar surface area (TPSA) is 29.9 Å². The molecule has 21 heavy (non-hydrogen) atoms. The molecule has 0 spiro atoms. The molecule has 0 aliphatic carbocycles. The molecule has 0 saturated carbocycles. The van der Waals surface area contributed by atoms with Crippen LogP contribution in [-0.2, 0) is 6.54 Å². The lowest BCUT2D eigenvalue weighted by atomic mass is 10.0. The van der Waals surface area contributed by atoms with E-state index < -0.39 is 0 Å². The van der Waals surface area contributed by atoms with E-state index in [0.717, 1.165) is 27.8 Å². The molecule has 1 aromatic heterocycles. The minimum absolute atomic E-state index is 0.235. The number of rotatable bonds is 5. The molecule has 0 saturated heterocycles. The zero-order valence-electron chi connectivity index (χ0n) is 12.9. The summed E-state index contributed by atoms with van der Waals surface area (Å²) >= 11 is 3.42. The molecule has 0 bridgehead atoms. The van der Waals surface area contributed by atoms with E-state index in [9.17, 15) is 4.39 Å². The van der Waals surface area contributed by atoms with Crippen molar-refractivity contribution >= 4 is 15.9 Å². The average molecular weight is 354 g/mol. The summed E-state index contributed by atoms with van der Waals surface area (Å²) in [5.74, 6) is -0.235. The second-order valence-corrected chi connectivity index (χ2v) is 6.08. The predicted octanol–water partition coefficient (Wildman–Crippen LogP) is 4.12. The molecule has 5 heteroatoms. The number of nitrogens with zero attached hydrogens (tertiary/aromatic N) is 2. The largest absolute Gasteiger partial charge is 0.313 e. The van der Waals surface area contributed by atoms with Crippen LogP contribution in [0.5, 0.6) is 0 Å². The summed E-state index contributed by atoms with van der Waals surface area (Å²) in [7, 11) is 1.97. The summed E-state index contributed by atoms with van der Waals surface area (Å²) in [5.41, 5.74) is 4.49. The lowest BCUT2D eigenvalue weighted by Crippen LogP contribution is -2.17. The summed E-state index contributed by atoms with van der Waals surface area (Å²) in [4.78, 5) is 0. The van der Waals surface area contributed by atoms with Gasteiger partial charge in [0.2, 0.25) is 0 Å². The maximum atomic E-state index is 13.2. The average Bonchev–Trinajstić information content (AvgIpc) is 2.71. The van der Waals surface area contributed by atoms with Crippen LogP contribution in [0.4, 0.5) is 4.39 Å². The molecular weight excluding hydrogens is 333 g/mol. The number of aromatic nitrogens is 2. The number of aryl methyl sites for hydroxylation is 1. The van der Waals surface area contributed by atoms with E-state index in [1.807, 2.05) is 18.7 Å². The van der Waals surface area contributed by atoms with Crippen LogP contribution in [0.3, 0.4) is 0 Å². The van der Waals surface area contributed by atoms with E-state index in [1.54, 1.807) is 6.07 Å². The van der Waals surface area contributed by atoms with Gasteiger partial charge in [0.1, 0.15) is 5.82 Å². The SMILES string of the molecule is CCC(NC)c1c(C)nn(Cc2ccc(F)cc2Br)c1C. The molecule has 1 heterocycles. The molecule has 0 radical (unpaired) electrons. The molecule has 1 aromatic carbocycles. The lowest BCUT2D eigenvalue weighted by Gasteiger charge is -2.15. The molecule has 114 valence electrons. The monoisotopic (exact) mass is 353 g/mol. The summed E-state index contributed by atoms with van der Waals surface area (Å²) in [6.07, 6.45) is 1.02. The van der Waals surface area contributed by atoms with Crippen LogP contribution in [0.2, 0.25) is 0 Å². The number of benzene rings is 1. The first-order valence-corrected chi connectivity index (χ1v) is 7.92. The number of hydrogen-bond donors (Lipinski definition) is 1. The van der Waals surface area contributed by atoms with Crippen molar-refractivity contribution in [2.24, 2.45) is 0 Å². The third-order valence-electron chi connectivity index (χ3n) is 3.88. The van der Waals surface area contributed by atoms with Crippen LogP contribution >= 0.6 is 15.9 Å². The van der Waals surface area contributed by atoms with Gasteiger partial charge in [0.15, 0.2) is 0 Å². The van der Waals surface area contributed by atoms with Crippen molar-refractivity contribution in [2.45, 2.75) is 39.8 Å². The van der Waals surface area contributed by atoms with Crippen molar-refractivity contribution in [2.75, 3.05) is 7.05 Å². The van der Waals surface area contributed by atoms with Crippen molar-refractivity contribution in [3.63, 3.8) is 0 Å². The van der Waals surface area contributed by atoms with Crippen LogP contribution in [0.15, 0.2) is 22.7 Å². The Balaban J connectivity index is 2.35. The Morgan fingerprint density at radius 1 is 1.38 bits per heavy atom. The smallest absolute Gasteiger partial charge is 0.124 e. The first kappa shape index (κ1) is 16.2. The quantitative estimate of drug-likeness (QED) is 0.875. The lowest BCUT2D eigenvalue weighted by molar-refractivity contribution is 0.568. The van der Waals surface area contributed by atoms with Crippen LogP contribution in [0.1, 0.15) is 41.9 Å². The van der Waals surface area contributed by atoms with Gasteiger partial charge in [0.25, 0.3) is 0 Å². The predicted molar refractivity (Wildman–Crippen MR) is 87.0 cm³/mol. The molecule has 3 nitrogen and oxygen atoms in total. The standard InChI is InChI=1S/C16H21BrFN3/c1-5-15(19-4)16-10(2)20-21(11(16)3)9-12-6-7-13(18)8-14(12)17/h6-8,15,19H,5,9H2,1-4H3. The first-order chi connectivity index (χ1) is 9.97. The maximum absolute atomic E-state index is 13.2. The van der Waals surface area contributed by atoms with E-state index >= 15 is 0 Å². The summed E-state index contributed by atoms with van der Waals surface area (Å²) < 4.78 is 15.9. The Bertz CT molecular complexity index is 633. The van der Waals surface area contributed by atoms with Crippen molar-refractivity contribution in [1.82, 2.24) is 15.1 Å². The fourth-order valence-electron chi connectivity index (χ4n) is 2.73. The number of nitrogens with one attached hydrogen (secondary N) is 1. The Kier molecular flexibility index (Phi) is 5.17. The van der Waals surface area contributed by atoms with Crippen LogP contribution in [-0.4, -0.2) is 16.8 Å². The van der Waals surface area contributed by atoms with Gasteiger partial charge in [-0.15, -0.1) is 0 Å². The molecular formula is C16H21BrFN3. The molecule has 1 N–H and O–H groups in total. The van der Waals surface area contributed by atoms with E-state index in [4.69, 9.17) is 0 Å². The van der Waals surface area contributed by atoms with Gasteiger partial charge >= 0.3 is 0 Å². The molecule has 1 unspecified atom stereocenters. The zero-order chi connectivity index (χ0) is 15.6. The van der Waals surface area contributed by atoms with Gasteiger partial charge in [-0.25, -0.2) is 4.39 Å². The van der Waals surface area contributed by atoms with E-state index in [0.29, 0.717) is 12.6 Å². The van der Waals surface area contributed by atoms with Crippen molar-refractivity contribution in [3.05, 3.63) is 51.0 Å². The molecule has 2 aromatic rings. The number of halogens is 2. The van der Waals surface area contributed by atoms with E-state index in [2.05, 4.69) is 40.2 Å². The van der Waals surface area contributed by atoms with Crippen molar-refractivity contribution in [3.8, 4) is 0 Å². The van der Waals surface area contributed by atoms with Crippen LogP contribution in [0, 0.1) is 19.7 Å². The minimum Gasteiger partial charge on any atom is -0.313 e. The van der Waals surface area contributed by atoms with E-state index in [1.165, 1.54) is 17.7 Å². The molecule has 0 aliphatic heterocycles. The highest BCUT2D eigenvalue weighted by atomic mass is 79.9. The fraction of sp³-hybridized carbons (Fsp3) is 0.438. The van der Waals surface area contributed by atoms with Gasteiger partial charge in [-0.05, 0) is 45.0 Å². The molecule has 1 atom stereocenters. The third kappa shape index (κ3) is 3.35. The Morgan fingerprint density at radius 3 is 2.67 bits per heavy atom. The van der Waals surface area contributed by atoms with Gasteiger partial charge in [-0.2, -0.15) is 5.10 Å². The second-order valence-electron chi connectivity index (χ2n) is 5.23. The van der Waals surface area contributed by atoms with Crippen molar-refractivity contribution < 1.29 is 4.39 Å². The minimum atomic E-state index is -0.235. The van der Waals surface area contributed by atoms with Gasteiger partial charge < -0.3 is 5.32 Å². The van der Waals surface area contributed by atoms with Gasteiger partial charge in [0.05, 0.1) is 12.2 Å².